The Morgan fingerprint density at radius 1 is 0.442 bits per heavy atom. The van der Waals surface area contributed by atoms with Crippen LogP contribution >= 0.6 is 0 Å². The van der Waals surface area contributed by atoms with Crippen molar-refractivity contribution in [3.63, 3.8) is 0 Å². The lowest BCUT2D eigenvalue weighted by Gasteiger charge is -2.36. The first-order valence-corrected chi connectivity index (χ1v) is 17.7. The van der Waals surface area contributed by atoms with Crippen LogP contribution in [0, 0.1) is 0 Å². The van der Waals surface area contributed by atoms with E-state index in [1.54, 1.807) is 24.3 Å². The molecule has 3 aliphatic rings. The fraction of sp³-hybridized carbons (Fsp3) is 0.286. The molecule has 0 saturated heterocycles. The summed E-state index contributed by atoms with van der Waals surface area (Å²) in [6.07, 6.45) is 12.2. The number of benzene rings is 4. The molecule has 1 aliphatic carbocycles. The molecule has 52 heavy (non-hydrogen) atoms. The van der Waals surface area contributed by atoms with Crippen LogP contribution in [0.5, 0.6) is 11.5 Å². The van der Waals surface area contributed by atoms with Crippen molar-refractivity contribution in [3.8, 4) is 11.5 Å². The summed E-state index contributed by atoms with van der Waals surface area (Å²) in [5, 5.41) is 0. The van der Waals surface area contributed by atoms with Crippen LogP contribution in [0.15, 0.2) is 84.9 Å². The minimum atomic E-state index is -0.793. The van der Waals surface area contributed by atoms with Crippen LogP contribution in [0.25, 0.3) is 0 Å². The van der Waals surface area contributed by atoms with Gasteiger partial charge in [0, 0.05) is 5.41 Å². The Labute approximate surface area is 300 Å². The van der Waals surface area contributed by atoms with Gasteiger partial charge in [0.2, 0.25) is 0 Å². The highest BCUT2D eigenvalue weighted by Gasteiger charge is 2.35. The number of carbonyl (C=O) groups is 6. The maximum absolute atomic E-state index is 13.0. The highest BCUT2D eigenvalue weighted by molar-refractivity contribution is 6.16. The molecule has 264 valence electrons. The van der Waals surface area contributed by atoms with E-state index in [1.165, 1.54) is 68.5 Å². The van der Waals surface area contributed by atoms with Crippen LogP contribution in [-0.2, 0) is 14.9 Å². The summed E-state index contributed by atoms with van der Waals surface area (Å²) < 4.78 is 20.6. The van der Waals surface area contributed by atoms with Crippen LogP contribution in [0.1, 0.15) is 144 Å². The van der Waals surface area contributed by atoms with Crippen molar-refractivity contribution >= 4 is 35.8 Å². The van der Waals surface area contributed by atoms with Gasteiger partial charge in [0.1, 0.15) is 11.5 Å². The summed E-state index contributed by atoms with van der Waals surface area (Å²) in [6, 6.07) is 23.3. The maximum atomic E-state index is 13.0. The molecule has 2 aliphatic heterocycles. The molecule has 7 rings (SSSR count). The monoisotopic (exact) mass is 700 g/mol. The average molecular weight is 701 g/mol. The van der Waals surface area contributed by atoms with Gasteiger partial charge in [-0.05, 0) is 84.6 Å². The van der Waals surface area contributed by atoms with Gasteiger partial charge in [-0.1, -0.05) is 82.1 Å². The smallest absolute Gasteiger partial charge is 0.346 e. The number of ether oxygens (including phenoxy) is 4. The molecule has 0 atom stereocenters. The van der Waals surface area contributed by atoms with E-state index in [0.717, 1.165) is 49.7 Å². The Hall–Kier alpha value is -5.90. The highest BCUT2D eigenvalue weighted by Crippen LogP contribution is 2.43. The van der Waals surface area contributed by atoms with E-state index < -0.39 is 35.8 Å². The van der Waals surface area contributed by atoms with Gasteiger partial charge in [0.15, 0.2) is 0 Å². The lowest BCUT2D eigenvalue weighted by atomic mass is 9.67. The van der Waals surface area contributed by atoms with Crippen LogP contribution < -0.4 is 9.47 Å². The largest absolute Gasteiger partial charge is 0.423 e. The number of carbonyl (C=O) groups excluding carboxylic acids is 6. The van der Waals surface area contributed by atoms with E-state index in [0.29, 0.717) is 11.5 Å². The molecule has 0 N–H and O–H groups in total. The van der Waals surface area contributed by atoms with Crippen molar-refractivity contribution < 1.29 is 47.7 Å². The summed E-state index contributed by atoms with van der Waals surface area (Å²) >= 11 is 0. The van der Waals surface area contributed by atoms with Gasteiger partial charge in [0.25, 0.3) is 0 Å². The molecule has 0 aromatic heterocycles. The maximum Gasteiger partial charge on any atom is 0.346 e. The minimum Gasteiger partial charge on any atom is -0.423 e. The van der Waals surface area contributed by atoms with Crippen LogP contribution in [0.2, 0.25) is 0 Å². The first-order chi connectivity index (χ1) is 25.2. The summed E-state index contributed by atoms with van der Waals surface area (Å²) in [7, 11) is 0. The number of hydrogen-bond donors (Lipinski definition) is 0. The fourth-order valence-corrected chi connectivity index (χ4v) is 7.40. The van der Waals surface area contributed by atoms with E-state index in [2.05, 4.69) is 9.47 Å². The van der Waals surface area contributed by atoms with E-state index in [9.17, 15) is 28.8 Å². The van der Waals surface area contributed by atoms with E-state index in [1.807, 2.05) is 24.3 Å². The number of hydrogen-bond acceptors (Lipinski definition) is 10. The Bertz CT molecular complexity index is 1930. The predicted molar refractivity (Wildman–Crippen MR) is 187 cm³/mol. The van der Waals surface area contributed by atoms with Crippen LogP contribution in [-0.4, -0.2) is 35.8 Å². The first-order valence-electron chi connectivity index (χ1n) is 17.7. The molecule has 0 unspecified atom stereocenters. The predicted octanol–water partition coefficient (Wildman–Crippen LogP) is 8.34. The third kappa shape index (κ3) is 7.01. The highest BCUT2D eigenvalue weighted by atomic mass is 16.6. The van der Waals surface area contributed by atoms with Gasteiger partial charge >= 0.3 is 35.8 Å². The number of rotatable bonds is 6. The van der Waals surface area contributed by atoms with Gasteiger partial charge in [-0.25, -0.2) is 28.8 Å². The Morgan fingerprint density at radius 3 is 1.17 bits per heavy atom. The third-order valence-corrected chi connectivity index (χ3v) is 10.2. The van der Waals surface area contributed by atoms with Crippen molar-refractivity contribution in [1.29, 1.82) is 0 Å². The van der Waals surface area contributed by atoms with Crippen molar-refractivity contribution in [3.05, 3.63) is 129 Å². The van der Waals surface area contributed by atoms with Crippen molar-refractivity contribution in [1.82, 2.24) is 0 Å². The van der Waals surface area contributed by atoms with Gasteiger partial charge in [-0.3, -0.25) is 0 Å². The van der Waals surface area contributed by atoms with E-state index in [4.69, 9.17) is 9.47 Å². The molecule has 4 aromatic carbocycles. The van der Waals surface area contributed by atoms with Gasteiger partial charge < -0.3 is 18.9 Å². The lowest BCUT2D eigenvalue weighted by molar-refractivity contribution is 0.0425. The molecule has 0 bridgehead atoms. The Morgan fingerprint density at radius 2 is 0.788 bits per heavy atom. The fourth-order valence-electron chi connectivity index (χ4n) is 7.40. The number of esters is 6. The molecule has 2 heterocycles. The summed E-state index contributed by atoms with van der Waals surface area (Å²) in [5.41, 5.74) is 2.35. The topological polar surface area (TPSA) is 139 Å². The zero-order valence-corrected chi connectivity index (χ0v) is 28.4. The number of fused-ring (bicyclic) bond motifs is 2. The molecule has 0 radical (unpaired) electrons. The zero-order valence-electron chi connectivity index (χ0n) is 28.4. The van der Waals surface area contributed by atoms with E-state index in [-0.39, 0.29) is 38.8 Å². The summed E-state index contributed by atoms with van der Waals surface area (Å²) in [5.74, 6) is -3.72. The average Bonchev–Trinajstić information content (AvgIpc) is 3.60. The summed E-state index contributed by atoms with van der Waals surface area (Å²) in [4.78, 5) is 73.7. The molecule has 0 amide bonds. The van der Waals surface area contributed by atoms with Crippen molar-refractivity contribution in [2.75, 3.05) is 0 Å². The Balaban J connectivity index is 1.13. The standard InChI is InChI=1S/C42H36O10/c43-36(26-10-20-32-34(24-26)40(47)51-38(32)45)49-30-16-12-28(13-17-30)42(22-8-6-4-2-1-3-5-7-9-23-42)29-14-18-31(19-15-29)50-37(44)27-11-21-33-35(25-27)41(48)52-39(33)46/h10-21,24-25H,1-9,22-23H2. The normalized spacial score (nSPS) is 17.2. The quantitative estimate of drug-likeness (QED) is 0.110. The van der Waals surface area contributed by atoms with Crippen LogP contribution in [0.3, 0.4) is 0 Å². The van der Waals surface area contributed by atoms with Gasteiger partial charge in [0.05, 0.1) is 33.4 Å². The second-order valence-corrected chi connectivity index (χ2v) is 13.5. The third-order valence-electron chi connectivity index (χ3n) is 10.2. The molecule has 1 fully saturated rings. The molecule has 4 aromatic rings. The second kappa shape index (κ2) is 14.8. The molecular weight excluding hydrogens is 664 g/mol. The SMILES string of the molecule is O=C(Oc1ccc(C2(c3ccc(OC(=O)c4ccc5c(c4)C(=O)OC5=O)cc3)CCCCCCCCCCC2)cc1)c1ccc2c(c1)C(=O)OC2=O. The van der Waals surface area contributed by atoms with Crippen LogP contribution in [0.4, 0.5) is 0 Å². The molecule has 1 saturated carbocycles. The first kappa shape index (κ1) is 34.5. The van der Waals surface area contributed by atoms with Gasteiger partial charge in [-0.15, -0.1) is 0 Å². The molecular formula is C42H36O10. The molecule has 0 spiro atoms. The minimum absolute atomic E-state index is 0.0348. The molecule has 10 heteroatoms. The van der Waals surface area contributed by atoms with E-state index >= 15 is 0 Å². The Kier molecular flexibility index (Phi) is 9.80. The second-order valence-electron chi connectivity index (χ2n) is 13.5. The molecule has 10 nitrogen and oxygen atoms in total. The van der Waals surface area contributed by atoms with Crippen molar-refractivity contribution in [2.45, 2.75) is 76.0 Å². The zero-order chi connectivity index (χ0) is 36.2. The lowest BCUT2D eigenvalue weighted by Crippen LogP contribution is -2.28. The summed E-state index contributed by atoms with van der Waals surface area (Å²) in [6.45, 7) is 0. The number of cyclic esters (lactones) is 4. The van der Waals surface area contributed by atoms with Crippen molar-refractivity contribution in [2.24, 2.45) is 0 Å². The van der Waals surface area contributed by atoms with Gasteiger partial charge in [-0.2, -0.15) is 0 Å².